The lowest BCUT2D eigenvalue weighted by atomic mass is 10.1. The topological polar surface area (TPSA) is 143 Å². The molecule has 6 aromatic carbocycles. The molecule has 2 aliphatic rings. The van der Waals surface area contributed by atoms with Crippen LogP contribution in [0.4, 0.5) is 45.5 Å². The second-order valence-electron chi connectivity index (χ2n) is 16.7. The van der Waals surface area contributed by atoms with Crippen LogP contribution in [0.15, 0.2) is 170 Å². The van der Waals surface area contributed by atoms with Crippen LogP contribution < -0.4 is 30.7 Å². The van der Waals surface area contributed by atoms with Crippen molar-refractivity contribution in [3.63, 3.8) is 0 Å². The number of amides is 5. The first kappa shape index (κ1) is 49.9. The predicted octanol–water partition coefficient (Wildman–Crippen LogP) is 8.27. The summed E-state index contributed by atoms with van der Waals surface area (Å²) in [7, 11) is 0. The molecule has 2 aliphatic heterocycles. The third-order valence-electron chi connectivity index (χ3n) is 12.0. The van der Waals surface area contributed by atoms with Gasteiger partial charge < -0.3 is 30.7 Å². The summed E-state index contributed by atoms with van der Waals surface area (Å²) < 4.78 is 37.1. The van der Waals surface area contributed by atoms with Gasteiger partial charge in [-0.05, 0) is 59.7 Å². The second-order valence-corrected chi connectivity index (χ2v) is 16.7. The van der Waals surface area contributed by atoms with Crippen LogP contribution in [0, 0.1) is 0 Å². The fourth-order valence-corrected chi connectivity index (χ4v) is 8.12. The van der Waals surface area contributed by atoms with Gasteiger partial charge in [-0.1, -0.05) is 121 Å². The van der Waals surface area contributed by atoms with E-state index >= 15 is 0 Å². The van der Waals surface area contributed by atoms with Gasteiger partial charge in [0.2, 0.25) is 0 Å². The molecule has 0 spiro atoms. The third-order valence-corrected chi connectivity index (χ3v) is 12.0. The van der Waals surface area contributed by atoms with Gasteiger partial charge in [-0.2, -0.15) is 13.2 Å². The molecule has 0 unspecified atom stereocenters. The maximum Gasteiger partial charge on any atom is 0.471 e. The number of anilines is 4. The van der Waals surface area contributed by atoms with E-state index in [4.69, 9.17) is 5.73 Å². The maximum atomic E-state index is 13.6. The minimum Gasteiger partial charge on any atom is -0.368 e. The van der Waals surface area contributed by atoms with Gasteiger partial charge in [0, 0.05) is 86.2 Å². The molecule has 0 saturated carbocycles. The first-order valence-corrected chi connectivity index (χ1v) is 23.0. The SMILES string of the molecule is NCC(=O)c1ccc(CN(C(=O)N2CCN(c3ccccc3)CC2)c2ccccc2)cc1.O=C(CNC(=O)C(F)(F)F)c1ccc(CN(C(=O)N2CCN(c3ccccc3)CC2)c2ccccc2)cc1. The van der Waals surface area contributed by atoms with Gasteiger partial charge in [-0.3, -0.25) is 24.2 Å². The molecule has 13 nitrogen and oxygen atoms in total. The predicted molar refractivity (Wildman–Crippen MR) is 266 cm³/mol. The summed E-state index contributed by atoms with van der Waals surface area (Å²) in [6, 6.07) is 52.7. The Morgan fingerprint density at radius 3 is 1.16 bits per heavy atom. The van der Waals surface area contributed by atoms with E-state index in [1.165, 1.54) is 17.8 Å². The Balaban J connectivity index is 0.000000209. The molecule has 2 fully saturated rings. The molecule has 0 aliphatic carbocycles. The number of hydrogen-bond donors (Lipinski definition) is 2. The lowest BCUT2D eigenvalue weighted by Crippen LogP contribution is -2.53. The third kappa shape index (κ3) is 13.4. The molecule has 0 bridgehead atoms. The van der Waals surface area contributed by atoms with Crippen molar-refractivity contribution in [1.82, 2.24) is 15.1 Å². The van der Waals surface area contributed by atoms with Gasteiger partial charge in [0.15, 0.2) is 11.6 Å². The lowest BCUT2D eigenvalue weighted by Gasteiger charge is -2.38. The van der Waals surface area contributed by atoms with Crippen molar-refractivity contribution in [3.05, 3.63) is 192 Å². The average Bonchev–Trinajstić information content (AvgIpc) is 3.41. The van der Waals surface area contributed by atoms with Crippen LogP contribution in [0.3, 0.4) is 0 Å². The number of carbonyl (C=O) groups is 5. The van der Waals surface area contributed by atoms with Crippen molar-refractivity contribution >= 4 is 52.3 Å². The average molecular weight is 953 g/mol. The zero-order chi connectivity index (χ0) is 49.5. The highest BCUT2D eigenvalue weighted by atomic mass is 19.4. The lowest BCUT2D eigenvalue weighted by molar-refractivity contribution is -0.173. The molecule has 2 saturated heterocycles. The van der Waals surface area contributed by atoms with Crippen molar-refractivity contribution < 1.29 is 37.1 Å². The largest absolute Gasteiger partial charge is 0.471 e. The molecule has 70 heavy (non-hydrogen) atoms. The Morgan fingerprint density at radius 1 is 0.471 bits per heavy atom. The summed E-state index contributed by atoms with van der Waals surface area (Å²) in [6.07, 6.45) is -5.05. The number of hydrogen-bond acceptors (Lipinski definition) is 8. The number of alkyl halides is 3. The highest BCUT2D eigenvalue weighted by Gasteiger charge is 2.38. The number of nitrogens with zero attached hydrogens (tertiary/aromatic N) is 6. The van der Waals surface area contributed by atoms with Crippen LogP contribution in [-0.2, 0) is 17.9 Å². The van der Waals surface area contributed by atoms with Gasteiger partial charge in [-0.15, -0.1) is 0 Å². The highest BCUT2D eigenvalue weighted by molar-refractivity contribution is 6.00. The van der Waals surface area contributed by atoms with E-state index in [1.807, 2.05) is 131 Å². The van der Waals surface area contributed by atoms with Crippen LogP contribution in [-0.4, -0.2) is 111 Å². The highest BCUT2D eigenvalue weighted by Crippen LogP contribution is 2.24. The Kier molecular flexibility index (Phi) is 17.0. The minimum atomic E-state index is -5.05. The first-order chi connectivity index (χ1) is 33.9. The molecule has 0 aromatic heterocycles. The van der Waals surface area contributed by atoms with E-state index in [2.05, 4.69) is 21.9 Å². The van der Waals surface area contributed by atoms with Gasteiger partial charge in [-0.25, -0.2) is 9.59 Å². The molecule has 6 aromatic rings. The number of Topliss-reactive ketones (excluding diaryl/α,β-unsaturated/α-hetero) is 2. The van der Waals surface area contributed by atoms with Crippen LogP contribution in [0.1, 0.15) is 31.8 Å². The van der Waals surface area contributed by atoms with Crippen molar-refractivity contribution in [2.45, 2.75) is 19.3 Å². The molecule has 8 rings (SSSR count). The summed E-state index contributed by atoms with van der Waals surface area (Å²) in [6.45, 7) is 5.37. The summed E-state index contributed by atoms with van der Waals surface area (Å²) in [5, 5.41) is 1.58. The Bertz CT molecular complexity index is 2650. The van der Waals surface area contributed by atoms with Crippen LogP contribution in [0.2, 0.25) is 0 Å². The number of ketones is 2. The Hall–Kier alpha value is -7.98. The van der Waals surface area contributed by atoms with Crippen molar-refractivity contribution in [1.29, 1.82) is 0 Å². The Morgan fingerprint density at radius 2 is 0.814 bits per heavy atom. The number of nitrogens with one attached hydrogen (secondary N) is 1. The number of nitrogens with two attached hydrogens (primary N) is 1. The van der Waals surface area contributed by atoms with Crippen molar-refractivity contribution in [3.8, 4) is 0 Å². The van der Waals surface area contributed by atoms with Gasteiger partial charge >= 0.3 is 24.1 Å². The smallest absolute Gasteiger partial charge is 0.368 e. The normalized spacial score (nSPS) is 13.7. The number of carbonyl (C=O) groups excluding carboxylic acids is 5. The minimum absolute atomic E-state index is 0.00831. The fraction of sp³-hybridized carbons (Fsp3) is 0.241. The molecular formula is C54H55F3N8O5. The summed E-state index contributed by atoms with van der Waals surface area (Å²) >= 11 is 0. The van der Waals surface area contributed by atoms with Crippen molar-refractivity contribution in [2.24, 2.45) is 5.73 Å². The van der Waals surface area contributed by atoms with Crippen molar-refractivity contribution in [2.75, 3.05) is 85.0 Å². The first-order valence-electron chi connectivity index (χ1n) is 23.0. The van der Waals surface area contributed by atoms with Crippen LogP contribution in [0.5, 0.6) is 0 Å². The van der Waals surface area contributed by atoms with E-state index in [1.54, 1.807) is 39.4 Å². The Labute approximate surface area is 405 Å². The molecule has 362 valence electrons. The molecule has 5 amide bonds. The van der Waals surface area contributed by atoms with E-state index in [9.17, 15) is 37.1 Å². The molecule has 0 atom stereocenters. The number of urea groups is 2. The molecule has 3 N–H and O–H groups in total. The van der Waals surface area contributed by atoms with E-state index in [0.29, 0.717) is 51.4 Å². The standard InChI is InChI=1S/C28H27F3N4O3.C26H28N4O2/c29-28(30,31)26(37)32-19-25(36)22-13-11-21(12-14-22)20-35(24-9-5-2-6-10-24)27(38)34-17-15-33(16-18-34)23-7-3-1-4-8-23;27-19-25(31)22-13-11-21(12-14-22)20-30(24-9-5-2-6-10-24)26(32)29-17-15-28(16-18-29)23-7-3-1-4-8-23/h1-14H,15-20H2,(H,32,37);1-14H,15-20,27H2. The second kappa shape index (κ2) is 23.8. The number of piperazine rings is 2. The van der Waals surface area contributed by atoms with Gasteiger partial charge in [0.25, 0.3) is 0 Å². The number of halogens is 3. The number of benzene rings is 6. The molecular weight excluding hydrogens is 898 g/mol. The van der Waals surface area contributed by atoms with Crippen LogP contribution >= 0.6 is 0 Å². The van der Waals surface area contributed by atoms with E-state index in [0.717, 1.165) is 41.3 Å². The van der Waals surface area contributed by atoms with Gasteiger partial charge in [0.1, 0.15) is 0 Å². The van der Waals surface area contributed by atoms with E-state index < -0.39 is 24.4 Å². The molecule has 16 heteroatoms. The quantitative estimate of drug-likeness (QED) is 0.110. The summed E-state index contributed by atoms with van der Waals surface area (Å²) in [5.74, 6) is -2.91. The maximum absolute atomic E-state index is 13.6. The number of rotatable bonds is 13. The molecule has 2 heterocycles. The summed E-state index contributed by atoms with van der Waals surface area (Å²) in [4.78, 5) is 73.9. The molecule has 0 radical (unpaired) electrons. The number of para-hydroxylation sites is 4. The zero-order valence-corrected chi connectivity index (χ0v) is 38.6. The summed E-state index contributed by atoms with van der Waals surface area (Å²) in [5.41, 5.74) is 11.8. The van der Waals surface area contributed by atoms with E-state index in [-0.39, 0.29) is 36.5 Å². The fourth-order valence-electron chi connectivity index (χ4n) is 8.12. The van der Waals surface area contributed by atoms with Gasteiger partial charge in [0.05, 0.1) is 26.2 Å². The zero-order valence-electron chi connectivity index (χ0n) is 38.6. The monoisotopic (exact) mass is 952 g/mol. The van der Waals surface area contributed by atoms with Crippen LogP contribution in [0.25, 0.3) is 0 Å².